The third-order valence-corrected chi connectivity index (χ3v) is 9.91. The van der Waals surface area contributed by atoms with E-state index >= 15 is 0 Å². The molecule has 3 heteroatoms. The van der Waals surface area contributed by atoms with E-state index in [4.69, 9.17) is 5.53 Å². The maximum Gasteiger partial charge on any atom is 2.00 e. The normalized spacial score (nSPS) is 10.8. The molecular formula is C51H82N2Ni. The molecule has 0 aliphatic carbocycles. The van der Waals surface area contributed by atoms with Gasteiger partial charge in [-0.2, -0.15) is 13.8 Å². The van der Waals surface area contributed by atoms with E-state index < -0.39 is 0 Å². The molecule has 0 saturated carbocycles. The summed E-state index contributed by atoms with van der Waals surface area (Å²) < 4.78 is 0. The molecule has 0 bridgehead atoms. The van der Waals surface area contributed by atoms with Crippen LogP contribution in [-0.4, -0.2) is 10.7 Å². The number of benzene rings is 2. The van der Waals surface area contributed by atoms with Crippen molar-refractivity contribution in [2.45, 2.75) is 202 Å². The average molecular weight is 782 g/mol. The Kier molecular flexibility index (Phi) is 41.5. The Balaban J connectivity index is 0. The summed E-state index contributed by atoms with van der Waals surface area (Å²) in [5.41, 5.74) is 16.3. The fourth-order valence-corrected chi connectivity index (χ4v) is 6.91. The molecule has 0 aliphatic rings. The van der Waals surface area contributed by atoms with Crippen LogP contribution in [0.4, 0.5) is 0 Å². The van der Waals surface area contributed by atoms with Gasteiger partial charge < -0.3 is 19.4 Å². The molecule has 0 spiro atoms. The third kappa shape index (κ3) is 28.9. The van der Waals surface area contributed by atoms with E-state index in [0.29, 0.717) is 0 Å². The van der Waals surface area contributed by atoms with Crippen LogP contribution < -0.4 is 0 Å². The van der Waals surface area contributed by atoms with E-state index in [-0.39, 0.29) is 16.5 Å². The van der Waals surface area contributed by atoms with Crippen molar-refractivity contribution in [3.63, 3.8) is 0 Å². The zero-order valence-electron chi connectivity index (χ0n) is 35.9. The van der Waals surface area contributed by atoms with Crippen LogP contribution in [0.1, 0.15) is 211 Å². The molecule has 54 heavy (non-hydrogen) atoms. The van der Waals surface area contributed by atoms with Gasteiger partial charge in [-0.3, -0.25) is 0 Å². The summed E-state index contributed by atoms with van der Waals surface area (Å²) in [5, 5.41) is 0. The van der Waals surface area contributed by atoms with Gasteiger partial charge in [0, 0.05) is 0 Å². The minimum atomic E-state index is 0. The van der Waals surface area contributed by atoms with Gasteiger partial charge in [-0.25, -0.2) is 0 Å². The van der Waals surface area contributed by atoms with Gasteiger partial charge in [-0.1, -0.05) is 197 Å². The maximum absolute atomic E-state index is 9.09. The molecule has 0 fully saturated rings. The fraction of sp³-hybridized carbons (Fsp3) is 0.608. The van der Waals surface area contributed by atoms with Crippen LogP contribution in [0.25, 0.3) is 11.1 Å². The average Bonchev–Trinajstić information content (AvgIpc) is 3.19. The first-order valence-electron chi connectivity index (χ1n) is 22.1. The van der Waals surface area contributed by atoms with Gasteiger partial charge in [-0.05, 0) is 85.8 Å². The van der Waals surface area contributed by atoms with Gasteiger partial charge in [0.1, 0.15) is 0 Å². The van der Waals surface area contributed by atoms with Gasteiger partial charge in [-0.15, -0.1) is 4.79 Å². The molecule has 0 aromatic heterocycles. The largest absolute Gasteiger partial charge is 2.00 e. The Morgan fingerprint density at radius 1 is 0.593 bits per heavy atom. The first kappa shape index (κ1) is 53.7. The quantitative estimate of drug-likeness (QED) is 0.0111. The van der Waals surface area contributed by atoms with E-state index in [1.54, 1.807) is 13.8 Å². The maximum atomic E-state index is 9.09. The molecule has 0 aliphatic heterocycles. The summed E-state index contributed by atoms with van der Waals surface area (Å²) in [5.74, 6) is 2.71. The van der Waals surface area contributed by atoms with Crippen LogP contribution in [0, 0.1) is 13.8 Å². The Bertz CT molecular complexity index is 1260. The molecule has 0 saturated heterocycles. The number of hydrogen-bond donors (Lipinski definition) is 0. The monoisotopic (exact) mass is 781 g/mol. The van der Waals surface area contributed by atoms with Crippen LogP contribution in [0.15, 0.2) is 72.3 Å². The fourth-order valence-electron chi connectivity index (χ4n) is 6.91. The molecule has 0 atom stereocenters. The molecule has 2 aromatic carbocycles. The van der Waals surface area contributed by atoms with Gasteiger partial charge in [0.15, 0.2) is 0 Å². The van der Waals surface area contributed by atoms with Crippen LogP contribution in [-0.2, 0) is 29.3 Å². The zero-order chi connectivity index (χ0) is 39.0. The van der Waals surface area contributed by atoms with Crippen LogP contribution in [0.3, 0.4) is 0 Å². The summed E-state index contributed by atoms with van der Waals surface area (Å²) in [4.78, 5) is 3.16. The summed E-state index contributed by atoms with van der Waals surface area (Å²) in [6.07, 6.45) is 42.2. The number of hydrogen-bond acceptors (Lipinski definition) is 0. The van der Waals surface area contributed by atoms with Crippen molar-refractivity contribution >= 4 is 11.4 Å². The van der Waals surface area contributed by atoms with Crippen LogP contribution in [0.2, 0.25) is 0 Å². The Morgan fingerprint density at radius 3 is 1.59 bits per heavy atom. The summed E-state index contributed by atoms with van der Waals surface area (Å²) in [7, 11) is 0. The van der Waals surface area contributed by atoms with Gasteiger partial charge in [0.25, 0.3) is 0 Å². The number of aryl methyl sites for hydroxylation is 2. The van der Waals surface area contributed by atoms with E-state index in [1.807, 2.05) is 6.92 Å². The van der Waals surface area contributed by atoms with Crippen LogP contribution in [0.5, 0.6) is 0 Å². The number of allylic oxidation sites excluding steroid dienone is 4. The Morgan fingerprint density at radius 2 is 1.07 bits per heavy atom. The van der Waals surface area contributed by atoms with Crippen molar-refractivity contribution in [2.24, 2.45) is 0 Å². The van der Waals surface area contributed by atoms with Crippen molar-refractivity contribution in [1.82, 2.24) is 0 Å². The van der Waals surface area contributed by atoms with E-state index in [9.17, 15) is 0 Å². The SMILES string of the molecule is CCCCCCCCCCCCCCCCCCCCCC=CCCCc1ccccc1C(=CC(C)=C=[N+]=[N-])c1cccc(CCCC)c1.[CH2-]C.[CH2-]C.[Ni+2]. The summed E-state index contributed by atoms with van der Waals surface area (Å²) in [6, 6.07) is 17.7. The van der Waals surface area contributed by atoms with E-state index in [2.05, 4.69) is 105 Å². The van der Waals surface area contributed by atoms with Gasteiger partial charge >= 0.3 is 22.4 Å². The third-order valence-electron chi connectivity index (χ3n) is 9.91. The van der Waals surface area contributed by atoms with Crippen molar-refractivity contribution in [1.29, 1.82) is 0 Å². The Hall–Kier alpha value is -2.43. The number of rotatable bonds is 30. The standard InChI is InChI=1S/C47H72N2.2C2H5.Ni/c1-4-6-8-9-10-11-12-13-14-15-16-17-18-19-20-21-22-23-24-25-26-27-28-29-35-44-36-30-31-38-46(44)47(39-42(3)41-49-48)45-37-32-34-43(40-45)33-7-5-2;2*1-2;/h26-27,30-32,34,36-40H,4-25,28-29,33,35H2,1-3H3;2*1H2,2H3;/q;2*-1;+2. The van der Waals surface area contributed by atoms with Crippen LogP contribution >= 0.6 is 0 Å². The minimum absolute atomic E-state index is 0. The minimum Gasteiger partial charge on any atom is -0.348 e. The molecule has 0 heterocycles. The first-order chi connectivity index (χ1) is 26.2. The molecule has 2 aromatic rings. The summed E-state index contributed by atoms with van der Waals surface area (Å²) in [6.45, 7) is 16.5. The first-order valence-corrected chi connectivity index (χ1v) is 22.1. The summed E-state index contributed by atoms with van der Waals surface area (Å²) >= 11 is 0. The zero-order valence-corrected chi connectivity index (χ0v) is 36.8. The smallest absolute Gasteiger partial charge is 0.348 e. The molecule has 0 unspecified atom stereocenters. The molecule has 306 valence electrons. The van der Waals surface area contributed by atoms with Gasteiger partial charge in [0.05, 0.1) is 5.57 Å². The molecular weight excluding hydrogens is 699 g/mol. The van der Waals surface area contributed by atoms with E-state index in [1.165, 1.54) is 169 Å². The van der Waals surface area contributed by atoms with Crippen molar-refractivity contribution in [2.75, 3.05) is 0 Å². The van der Waals surface area contributed by atoms with E-state index in [0.717, 1.165) is 31.3 Å². The topological polar surface area (TPSA) is 36.4 Å². The molecule has 0 N–H and O–H groups in total. The second-order valence-electron chi connectivity index (χ2n) is 14.4. The van der Waals surface area contributed by atoms with Crippen molar-refractivity contribution in [3.8, 4) is 0 Å². The molecule has 2 rings (SSSR count). The second kappa shape index (κ2) is 41.7. The van der Waals surface area contributed by atoms with Gasteiger partial charge in [0.2, 0.25) is 0 Å². The molecule has 0 radical (unpaired) electrons. The predicted molar refractivity (Wildman–Crippen MR) is 239 cm³/mol. The molecule has 0 amide bonds. The second-order valence-corrected chi connectivity index (χ2v) is 14.4. The number of nitrogens with zero attached hydrogens (tertiary/aromatic N) is 2. The number of unbranched alkanes of at least 4 members (excludes halogenated alkanes) is 21. The van der Waals surface area contributed by atoms with Crippen molar-refractivity contribution < 1.29 is 21.3 Å². The Labute approximate surface area is 346 Å². The van der Waals surface area contributed by atoms with Crippen molar-refractivity contribution in [3.05, 3.63) is 114 Å². The molecule has 2 nitrogen and oxygen atoms in total. The predicted octanol–water partition coefficient (Wildman–Crippen LogP) is 16.7.